The third-order valence-corrected chi connectivity index (χ3v) is 5.22. The van der Waals surface area contributed by atoms with Gasteiger partial charge in [-0.3, -0.25) is 4.79 Å². The zero-order valence-electron chi connectivity index (χ0n) is 14.4. The van der Waals surface area contributed by atoms with Crippen LogP contribution in [0.3, 0.4) is 0 Å². The first kappa shape index (κ1) is 17.1. The van der Waals surface area contributed by atoms with Crippen LogP contribution in [0.15, 0.2) is 18.3 Å². The molecule has 0 spiro atoms. The Kier molecular flexibility index (Phi) is 5.66. The molecule has 2 aliphatic rings. The van der Waals surface area contributed by atoms with Gasteiger partial charge in [-0.2, -0.15) is 0 Å². The van der Waals surface area contributed by atoms with Crippen molar-refractivity contribution in [3.63, 3.8) is 0 Å². The molecule has 0 bridgehead atoms. The van der Waals surface area contributed by atoms with Crippen molar-refractivity contribution in [3.05, 3.63) is 24.0 Å². The first-order valence-electron chi connectivity index (χ1n) is 8.95. The third-order valence-electron chi connectivity index (χ3n) is 5.22. The fourth-order valence-electron chi connectivity index (χ4n) is 3.66. The fourth-order valence-corrected chi connectivity index (χ4v) is 3.66. The number of likely N-dealkylation sites (tertiary alicyclic amines) is 1. The second-order valence-electron chi connectivity index (χ2n) is 6.89. The van der Waals surface area contributed by atoms with E-state index in [1.165, 1.54) is 0 Å². The zero-order chi connectivity index (χ0) is 16.9. The molecule has 2 aliphatic heterocycles. The van der Waals surface area contributed by atoms with Crippen molar-refractivity contribution in [2.75, 3.05) is 44.7 Å². The van der Waals surface area contributed by atoms with E-state index < -0.39 is 6.17 Å². The summed E-state index contributed by atoms with van der Waals surface area (Å²) in [5, 5.41) is 2.58. The van der Waals surface area contributed by atoms with Gasteiger partial charge in [-0.1, -0.05) is 0 Å². The minimum atomic E-state index is -0.589. The first-order chi connectivity index (χ1) is 11.7. The summed E-state index contributed by atoms with van der Waals surface area (Å²) in [5.41, 5.74) is 1.53. The van der Waals surface area contributed by atoms with E-state index in [1.54, 1.807) is 19.3 Å². The Bertz CT molecular complexity index is 534. The molecule has 1 aromatic heterocycles. The van der Waals surface area contributed by atoms with Crippen molar-refractivity contribution in [2.24, 2.45) is 5.92 Å². The highest BCUT2D eigenvalue weighted by Crippen LogP contribution is 2.25. The maximum Gasteiger partial charge on any atom is 0.269 e. The van der Waals surface area contributed by atoms with E-state index in [0.29, 0.717) is 24.5 Å². The van der Waals surface area contributed by atoms with Crippen LogP contribution >= 0.6 is 0 Å². The lowest BCUT2D eigenvalue weighted by Gasteiger charge is -2.37. The van der Waals surface area contributed by atoms with Gasteiger partial charge < -0.3 is 15.1 Å². The largest absolute Gasteiger partial charge is 0.370 e. The normalized spacial score (nSPS) is 21.0. The summed E-state index contributed by atoms with van der Waals surface area (Å²) < 4.78 is 13.2. The molecule has 3 heterocycles. The SMILES string of the molecule is CNC(=O)c1ccc(N2CCC(CN3CCC(F)CC3)CC2)cn1. The molecule has 2 fully saturated rings. The van der Waals surface area contributed by atoms with Gasteiger partial charge in [-0.05, 0) is 43.7 Å². The van der Waals surface area contributed by atoms with Crippen molar-refractivity contribution in [1.82, 2.24) is 15.2 Å². The third kappa shape index (κ3) is 4.23. The molecular weight excluding hydrogens is 307 g/mol. The molecule has 0 aromatic carbocycles. The molecular formula is C18H27FN4O. The van der Waals surface area contributed by atoms with Crippen LogP contribution in [0.4, 0.5) is 10.1 Å². The van der Waals surface area contributed by atoms with Crippen molar-refractivity contribution < 1.29 is 9.18 Å². The number of rotatable bonds is 4. The molecule has 0 unspecified atom stereocenters. The molecule has 0 saturated carbocycles. The number of carbonyl (C=O) groups excluding carboxylic acids is 1. The van der Waals surface area contributed by atoms with Gasteiger partial charge in [0.25, 0.3) is 5.91 Å². The van der Waals surface area contributed by atoms with E-state index in [9.17, 15) is 9.18 Å². The van der Waals surface area contributed by atoms with Gasteiger partial charge in [-0.15, -0.1) is 0 Å². The molecule has 1 amide bonds. The second kappa shape index (κ2) is 7.92. The highest BCUT2D eigenvalue weighted by Gasteiger charge is 2.24. The predicted molar refractivity (Wildman–Crippen MR) is 93.1 cm³/mol. The minimum absolute atomic E-state index is 0.155. The highest BCUT2D eigenvalue weighted by atomic mass is 19.1. The van der Waals surface area contributed by atoms with Crippen LogP contribution in [0, 0.1) is 5.92 Å². The monoisotopic (exact) mass is 334 g/mol. The number of pyridine rings is 1. The summed E-state index contributed by atoms with van der Waals surface area (Å²) in [5.74, 6) is 0.549. The van der Waals surface area contributed by atoms with Gasteiger partial charge in [0.05, 0.1) is 11.9 Å². The van der Waals surface area contributed by atoms with Crippen LogP contribution in [0.25, 0.3) is 0 Å². The van der Waals surface area contributed by atoms with Crippen LogP contribution in [0.2, 0.25) is 0 Å². The van der Waals surface area contributed by atoms with Crippen LogP contribution in [-0.2, 0) is 0 Å². The van der Waals surface area contributed by atoms with E-state index in [0.717, 1.165) is 51.3 Å². The van der Waals surface area contributed by atoms with Crippen molar-refractivity contribution in [3.8, 4) is 0 Å². The number of carbonyl (C=O) groups is 1. The summed E-state index contributed by atoms with van der Waals surface area (Å²) in [6.07, 6.45) is 4.91. The van der Waals surface area contributed by atoms with Crippen molar-refractivity contribution in [2.45, 2.75) is 31.9 Å². The molecule has 132 valence electrons. The summed E-state index contributed by atoms with van der Waals surface area (Å²) in [6, 6.07) is 3.76. The van der Waals surface area contributed by atoms with E-state index in [4.69, 9.17) is 0 Å². The molecule has 6 heteroatoms. The first-order valence-corrected chi connectivity index (χ1v) is 8.95. The van der Waals surface area contributed by atoms with E-state index in [-0.39, 0.29) is 5.91 Å². The Morgan fingerprint density at radius 1 is 1.21 bits per heavy atom. The lowest BCUT2D eigenvalue weighted by Crippen LogP contribution is -2.42. The topological polar surface area (TPSA) is 48.5 Å². The average molecular weight is 334 g/mol. The second-order valence-corrected chi connectivity index (χ2v) is 6.89. The standard InChI is InChI=1S/C18H27FN4O/c1-20-18(24)17-3-2-16(12-21-17)23-10-4-14(5-11-23)13-22-8-6-15(19)7-9-22/h2-3,12,14-15H,4-11,13H2,1H3,(H,20,24). The van der Waals surface area contributed by atoms with Gasteiger partial charge in [-0.25, -0.2) is 9.37 Å². The Balaban J connectivity index is 1.47. The molecule has 5 nitrogen and oxygen atoms in total. The Morgan fingerprint density at radius 3 is 2.50 bits per heavy atom. The lowest BCUT2D eigenvalue weighted by atomic mass is 9.95. The average Bonchev–Trinajstić information content (AvgIpc) is 2.64. The van der Waals surface area contributed by atoms with Gasteiger partial charge in [0.2, 0.25) is 0 Å². The maximum atomic E-state index is 13.2. The Hall–Kier alpha value is -1.69. The van der Waals surface area contributed by atoms with E-state index in [2.05, 4.69) is 20.1 Å². The molecule has 0 atom stereocenters. The Labute approximate surface area is 143 Å². The molecule has 3 rings (SSSR count). The van der Waals surface area contributed by atoms with Crippen molar-refractivity contribution in [1.29, 1.82) is 0 Å². The van der Waals surface area contributed by atoms with Gasteiger partial charge >= 0.3 is 0 Å². The van der Waals surface area contributed by atoms with Crippen LogP contribution in [0.5, 0.6) is 0 Å². The maximum absolute atomic E-state index is 13.2. The van der Waals surface area contributed by atoms with Crippen LogP contribution < -0.4 is 10.2 Å². The van der Waals surface area contributed by atoms with Crippen molar-refractivity contribution >= 4 is 11.6 Å². The quantitative estimate of drug-likeness (QED) is 0.916. The van der Waals surface area contributed by atoms with Crippen LogP contribution in [-0.4, -0.2) is 61.7 Å². The molecule has 1 N–H and O–H groups in total. The van der Waals surface area contributed by atoms with E-state index in [1.807, 2.05) is 6.07 Å². The number of amides is 1. The summed E-state index contributed by atoms with van der Waals surface area (Å²) in [6.45, 7) is 4.96. The number of hydrogen-bond donors (Lipinski definition) is 1. The molecule has 24 heavy (non-hydrogen) atoms. The molecule has 0 aliphatic carbocycles. The lowest BCUT2D eigenvalue weighted by molar-refractivity contribution is 0.0958. The number of alkyl halides is 1. The fraction of sp³-hybridized carbons (Fsp3) is 0.667. The van der Waals surface area contributed by atoms with Gasteiger partial charge in [0, 0.05) is 39.8 Å². The molecule has 2 saturated heterocycles. The summed E-state index contributed by atoms with van der Waals surface area (Å²) >= 11 is 0. The summed E-state index contributed by atoms with van der Waals surface area (Å²) in [7, 11) is 1.61. The number of nitrogens with zero attached hydrogens (tertiary/aromatic N) is 3. The van der Waals surface area contributed by atoms with E-state index >= 15 is 0 Å². The number of piperidine rings is 2. The smallest absolute Gasteiger partial charge is 0.269 e. The summed E-state index contributed by atoms with van der Waals surface area (Å²) in [4.78, 5) is 20.5. The molecule has 1 aromatic rings. The van der Waals surface area contributed by atoms with Crippen LogP contribution in [0.1, 0.15) is 36.2 Å². The zero-order valence-corrected chi connectivity index (χ0v) is 14.4. The highest BCUT2D eigenvalue weighted by molar-refractivity contribution is 5.92. The number of halogens is 1. The number of aromatic nitrogens is 1. The predicted octanol–water partition coefficient (Wildman–Crippen LogP) is 2.09. The minimum Gasteiger partial charge on any atom is -0.370 e. The number of nitrogens with one attached hydrogen (secondary N) is 1. The Morgan fingerprint density at radius 2 is 1.92 bits per heavy atom. The number of hydrogen-bond acceptors (Lipinski definition) is 4. The number of anilines is 1. The molecule has 0 radical (unpaired) electrons. The van der Waals surface area contributed by atoms with Gasteiger partial charge in [0.15, 0.2) is 0 Å². The van der Waals surface area contributed by atoms with Gasteiger partial charge in [0.1, 0.15) is 11.9 Å².